The van der Waals surface area contributed by atoms with Crippen molar-refractivity contribution in [3.8, 4) is 5.75 Å². The van der Waals surface area contributed by atoms with E-state index in [9.17, 15) is 26.7 Å². The number of likely N-dealkylation sites (tertiary alicyclic amines) is 1. The maximum absolute atomic E-state index is 14.2. The van der Waals surface area contributed by atoms with E-state index in [0.717, 1.165) is 16.6 Å². The summed E-state index contributed by atoms with van der Waals surface area (Å²) in [6, 6.07) is 4.49. The van der Waals surface area contributed by atoms with E-state index in [1.807, 2.05) is 18.3 Å². The van der Waals surface area contributed by atoms with Gasteiger partial charge in [0.15, 0.2) is 0 Å². The molecule has 0 bridgehead atoms. The first-order valence-corrected chi connectivity index (χ1v) is 9.19. The Morgan fingerprint density at radius 1 is 1.17 bits per heavy atom. The Bertz CT molecular complexity index is 1060. The minimum Gasteiger partial charge on any atom is -0.406 e. The lowest BCUT2D eigenvalue weighted by Crippen LogP contribution is -2.38. The molecule has 0 aliphatic carbocycles. The molecule has 1 amide bonds. The largest absolute Gasteiger partial charge is 0.573 e. The van der Waals surface area contributed by atoms with Crippen LogP contribution >= 0.6 is 0 Å². The van der Waals surface area contributed by atoms with Crippen LogP contribution in [-0.4, -0.2) is 40.2 Å². The van der Waals surface area contributed by atoms with Gasteiger partial charge >= 0.3 is 6.36 Å². The van der Waals surface area contributed by atoms with E-state index < -0.39 is 35.2 Å². The van der Waals surface area contributed by atoms with Crippen LogP contribution in [0.15, 0.2) is 36.7 Å². The fraction of sp³-hybridized carbons (Fsp3) is 0.300. The molecular formula is C20H16F5N3O2. The summed E-state index contributed by atoms with van der Waals surface area (Å²) in [5.41, 5.74) is 0.937. The molecule has 1 saturated heterocycles. The molecule has 0 radical (unpaired) electrons. The summed E-state index contributed by atoms with van der Waals surface area (Å²) >= 11 is 0. The number of nitrogens with zero attached hydrogens (tertiary/aromatic N) is 2. The maximum atomic E-state index is 14.2. The minimum atomic E-state index is -5.09. The van der Waals surface area contributed by atoms with Gasteiger partial charge in [-0.25, -0.2) is 13.8 Å². The molecule has 30 heavy (non-hydrogen) atoms. The summed E-state index contributed by atoms with van der Waals surface area (Å²) in [6.45, 7) is 0.520. The van der Waals surface area contributed by atoms with Gasteiger partial charge in [0.1, 0.15) is 28.6 Å². The van der Waals surface area contributed by atoms with Crippen LogP contribution in [0.4, 0.5) is 22.0 Å². The number of amides is 1. The van der Waals surface area contributed by atoms with E-state index in [0.29, 0.717) is 25.0 Å². The second kappa shape index (κ2) is 7.58. The molecule has 1 N–H and O–H groups in total. The van der Waals surface area contributed by atoms with Crippen LogP contribution in [0.1, 0.15) is 34.7 Å². The van der Waals surface area contributed by atoms with Crippen LogP contribution in [0.3, 0.4) is 0 Å². The van der Waals surface area contributed by atoms with Gasteiger partial charge in [-0.3, -0.25) is 4.79 Å². The molecule has 0 atom stereocenters. The zero-order valence-corrected chi connectivity index (χ0v) is 15.5. The second-order valence-electron chi connectivity index (χ2n) is 7.02. The van der Waals surface area contributed by atoms with E-state index in [-0.39, 0.29) is 19.0 Å². The number of alkyl halides is 3. The van der Waals surface area contributed by atoms with Gasteiger partial charge in [0.2, 0.25) is 0 Å². The molecule has 2 aromatic heterocycles. The summed E-state index contributed by atoms with van der Waals surface area (Å²) in [5, 5.41) is 0.986. The number of aromatic nitrogens is 2. The van der Waals surface area contributed by atoms with Gasteiger partial charge in [-0.15, -0.1) is 13.2 Å². The van der Waals surface area contributed by atoms with Gasteiger partial charge in [-0.1, -0.05) is 0 Å². The maximum Gasteiger partial charge on any atom is 0.573 e. The van der Waals surface area contributed by atoms with E-state index in [1.165, 1.54) is 4.90 Å². The number of piperidine rings is 1. The number of benzene rings is 1. The molecule has 0 unspecified atom stereocenters. The molecule has 3 heterocycles. The van der Waals surface area contributed by atoms with Gasteiger partial charge in [-0.2, -0.15) is 0 Å². The smallest absolute Gasteiger partial charge is 0.406 e. The molecule has 1 aromatic carbocycles. The molecule has 158 valence electrons. The van der Waals surface area contributed by atoms with Crippen molar-refractivity contribution in [3.05, 3.63) is 59.4 Å². The Morgan fingerprint density at radius 3 is 2.47 bits per heavy atom. The van der Waals surface area contributed by atoms with Gasteiger partial charge in [-0.05, 0) is 36.5 Å². The SMILES string of the molecule is O=C(c1c(F)cc(OC(F)(F)F)cc1F)N1CCC(c2c[nH]c3ncccc23)CC1. The summed E-state index contributed by atoms with van der Waals surface area (Å²) in [4.78, 5) is 21.3. The summed E-state index contributed by atoms with van der Waals surface area (Å²) in [7, 11) is 0. The molecule has 1 aliphatic heterocycles. The van der Waals surface area contributed by atoms with Gasteiger partial charge in [0, 0.05) is 43.0 Å². The zero-order chi connectivity index (χ0) is 21.5. The normalized spacial score (nSPS) is 15.6. The monoisotopic (exact) mass is 425 g/mol. The number of hydrogen-bond acceptors (Lipinski definition) is 3. The third-order valence-electron chi connectivity index (χ3n) is 5.17. The standard InChI is InChI=1S/C20H16F5N3O2/c21-15-8-12(30-20(23,24)25)9-16(22)17(15)19(29)28-6-3-11(4-7-28)14-10-27-18-13(14)2-1-5-26-18/h1-2,5,8-11H,3-4,6-7H2,(H,26,27). The lowest BCUT2D eigenvalue weighted by molar-refractivity contribution is -0.274. The summed E-state index contributed by atoms with van der Waals surface area (Å²) in [6.07, 6.45) is -0.390. The van der Waals surface area contributed by atoms with Gasteiger partial charge < -0.3 is 14.6 Å². The number of hydrogen-bond donors (Lipinski definition) is 1. The third kappa shape index (κ3) is 3.94. The lowest BCUT2D eigenvalue weighted by Gasteiger charge is -2.32. The first kappa shape index (κ1) is 20.1. The number of pyridine rings is 1. The fourth-order valence-corrected chi connectivity index (χ4v) is 3.81. The first-order valence-electron chi connectivity index (χ1n) is 9.19. The molecule has 1 aliphatic rings. The fourth-order valence-electron chi connectivity index (χ4n) is 3.81. The summed E-state index contributed by atoms with van der Waals surface area (Å²) < 4.78 is 68.7. The van der Waals surface area contributed by atoms with E-state index in [1.54, 1.807) is 6.20 Å². The Hall–Kier alpha value is -3.17. The Balaban J connectivity index is 1.48. The molecule has 0 spiro atoms. The van der Waals surface area contributed by atoms with Crippen LogP contribution in [0, 0.1) is 11.6 Å². The molecule has 5 nitrogen and oxygen atoms in total. The Labute approximate surface area is 167 Å². The lowest BCUT2D eigenvalue weighted by atomic mass is 9.89. The van der Waals surface area contributed by atoms with E-state index in [2.05, 4.69) is 14.7 Å². The van der Waals surface area contributed by atoms with Gasteiger partial charge in [0.25, 0.3) is 5.91 Å². The topological polar surface area (TPSA) is 58.2 Å². The van der Waals surface area contributed by atoms with Crippen molar-refractivity contribution in [2.75, 3.05) is 13.1 Å². The zero-order valence-electron chi connectivity index (χ0n) is 15.5. The van der Waals surface area contributed by atoms with E-state index in [4.69, 9.17) is 0 Å². The van der Waals surface area contributed by atoms with Crippen LogP contribution in [0.25, 0.3) is 11.0 Å². The third-order valence-corrected chi connectivity index (χ3v) is 5.17. The predicted molar refractivity (Wildman–Crippen MR) is 97.0 cm³/mol. The highest BCUT2D eigenvalue weighted by Gasteiger charge is 2.33. The van der Waals surface area contributed by atoms with Crippen LogP contribution in [-0.2, 0) is 0 Å². The number of ether oxygens (including phenoxy) is 1. The number of nitrogens with one attached hydrogen (secondary N) is 1. The van der Waals surface area contributed by atoms with Crippen molar-refractivity contribution in [2.24, 2.45) is 0 Å². The summed E-state index contributed by atoms with van der Waals surface area (Å²) in [5.74, 6) is -4.61. The molecule has 0 saturated carbocycles. The minimum absolute atomic E-state index is 0.143. The number of aromatic amines is 1. The molecular weight excluding hydrogens is 409 g/mol. The Morgan fingerprint density at radius 2 is 1.83 bits per heavy atom. The average Bonchev–Trinajstić information content (AvgIpc) is 3.10. The predicted octanol–water partition coefficient (Wildman–Crippen LogP) is 4.76. The highest BCUT2D eigenvalue weighted by molar-refractivity contribution is 5.95. The molecule has 1 fully saturated rings. The van der Waals surface area contributed by atoms with Crippen LogP contribution < -0.4 is 4.74 Å². The van der Waals surface area contributed by atoms with Crippen molar-refractivity contribution < 1.29 is 31.5 Å². The first-order chi connectivity index (χ1) is 14.2. The quantitative estimate of drug-likeness (QED) is 0.616. The van der Waals surface area contributed by atoms with E-state index >= 15 is 0 Å². The number of carbonyl (C=O) groups is 1. The number of H-pyrrole nitrogens is 1. The second-order valence-corrected chi connectivity index (χ2v) is 7.02. The highest BCUT2D eigenvalue weighted by Crippen LogP contribution is 2.34. The Kier molecular flexibility index (Phi) is 5.08. The van der Waals surface area contributed by atoms with Gasteiger partial charge in [0.05, 0.1) is 0 Å². The number of rotatable bonds is 3. The molecule has 3 aromatic rings. The van der Waals surface area contributed by atoms with Crippen molar-refractivity contribution in [1.29, 1.82) is 0 Å². The van der Waals surface area contributed by atoms with Crippen molar-refractivity contribution in [3.63, 3.8) is 0 Å². The molecule has 4 rings (SSSR count). The number of halogens is 5. The number of fused-ring (bicyclic) bond motifs is 1. The van der Waals surface area contributed by atoms with Crippen molar-refractivity contribution in [2.45, 2.75) is 25.1 Å². The highest BCUT2D eigenvalue weighted by atomic mass is 19.4. The molecule has 10 heteroatoms. The van der Waals surface area contributed by atoms with Crippen LogP contribution in [0.2, 0.25) is 0 Å². The number of carbonyl (C=O) groups excluding carboxylic acids is 1. The van der Waals surface area contributed by atoms with Crippen molar-refractivity contribution >= 4 is 16.9 Å². The van der Waals surface area contributed by atoms with Crippen LogP contribution in [0.5, 0.6) is 5.75 Å². The average molecular weight is 425 g/mol. The van der Waals surface area contributed by atoms with Crippen molar-refractivity contribution in [1.82, 2.24) is 14.9 Å².